The molecular formula is C14H18N4O2S. The van der Waals surface area contributed by atoms with E-state index in [-0.39, 0.29) is 6.04 Å². The quantitative estimate of drug-likeness (QED) is 0.805. The van der Waals surface area contributed by atoms with Crippen molar-refractivity contribution in [2.75, 3.05) is 17.5 Å². The minimum atomic E-state index is -3.27. The highest BCUT2D eigenvalue weighted by Gasteiger charge is 2.19. The van der Waals surface area contributed by atoms with Crippen molar-refractivity contribution in [2.45, 2.75) is 18.9 Å². The van der Waals surface area contributed by atoms with Gasteiger partial charge in [0.15, 0.2) is 0 Å². The van der Waals surface area contributed by atoms with Crippen LogP contribution in [0.3, 0.4) is 0 Å². The van der Waals surface area contributed by atoms with Crippen LogP contribution in [0.2, 0.25) is 0 Å². The summed E-state index contributed by atoms with van der Waals surface area (Å²) in [5, 5.41) is 3.39. The zero-order chi connectivity index (χ0) is 14.9. The molecule has 1 aromatic heterocycles. The summed E-state index contributed by atoms with van der Waals surface area (Å²) < 4.78 is 25.1. The lowest BCUT2D eigenvalue weighted by Gasteiger charge is -2.07. The molecule has 2 aromatic rings. The van der Waals surface area contributed by atoms with E-state index in [0.717, 1.165) is 42.7 Å². The van der Waals surface area contributed by atoms with Crippen molar-refractivity contribution in [3.63, 3.8) is 0 Å². The van der Waals surface area contributed by atoms with Crippen molar-refractivity contribution in [1.29, 1.82) is 0 Å². The molecule has 0 unspecified atom stereocenters. The number of benzene rings is 1. The number of sulfonamides is 1. The topological polar surface area (TPSA) is 86.9 Å². The summed E-state index contributed by atoms with van der Waals surface area (Å²) in [6.07, 6.45) is 5.17. The number of rotatable bonds is 4. The van der Waals surface area contributed by atoms with Crippen molar-refractivity contribution in [1.82, 2.24) is 15.3 Å². The first-order valence-corrected chi connectivity index (χ1v) is 8.77. The largest absolute Gasteiger partial charge is 0.341 e. The summed E-state index contributed by atoms with van der Waals surface area (Å²) in [4.78, 5) is 7.73. The average molecular weight is 306 g/mol. The summed E-state index contributed by atoms with van der Waals surface area (Å²) in [7, 11) is -3.27. The molecule has 1 saturated heterocycles. The number of hydrogen-bond donors (Lipinski definition) is 3. The molecule has 0 radical (unpaired) electrons. The van der Waals surface area contributed by atoms with Gasteiger partial charge >= 0.3 is 0 Å². The average Bonchev–Trinajstić information content (AvgIpc) is 3.08. The molecule has 112 valence electrons. The molecule has 0 saturated carbocycles. The van der Waals surface area contributed by atoms with Gasteiger partial charge in [0.2, 0.25) is 10.0 Å². The highest BCUT2D eigenvalue weighted by molar-refractivity contribution is 7.92. The van der Waals surface area contributed by atoms with Crippen LogP contribution in [0.5, 0.6) is 0 Å². The van der Waals surface area contributed by atoms with Crippen molar-refractivity contribution in [3.05, 3.63) is 36.3 Å². The van der Waals surface area contributed by atoms with Crippen LogP contribution in [-0.2, 0) is 10.0 Å². The Balaban J connectivity index is 1.85. The Morgan fingerprint density at radius 1 is 1.38 bits per heavy atom. The van der Waals surface area contributed by atoms with Gasteiger partial charge in [0.1, 0.15) is 5.82 Å². The first-order valence-electron chi connectivity index (χ1n) is 6.88. The Morgan fingerprint density at radius 2 is 2.24 bits per heavy atom. The van der Waals surface area contributed by atoms with E-state index < -0.39 is 10.0 Å². The Labute approximate surface area is 124 Å². The molecule has 2 heterocycles. The molecule has 1 aromatic carbocycles. The first kappa shape index (κ1) is 14.1. The van der Waals surface area contributed by atoms with Crippen molar-refractivity contribution in [3.8, 4) is 11.3 Å². The van der Waals surface area contributed by atoms with Gasteiger partial charge in [-0.05, 0) is 31.5 Å². The van der Waals surface area contributed by atoms with E-state index in [9.17, 15) is 8.42 Å². The predicted octanol–water partition coefficient (Wildman–Crippen LogP) is 1.87. The van der Waals surface area contributed by atoms with Gasteiger partial charge in [-0.3, -0.25) is 4.72 Å². The number of anilines is 1. The fraction of sp³-hybridized carbons (Fsp3) is 0.357. The van der Waals surface area contributed by atoms with Crippen molar-refractivity contribution < 1.29 is 8.42 Å². The monoisotopic (exact) mass is 306 g/mol. The van der Waals surface area contributed by atoms with Gasteiger partial charge in [0, 0.05) is 11.3 Å². The molecular weight excluding hydrogens is 288 g/mol. The highest BCUT2D eigenvalue weighted by Crippen LogP contribution is 2.25. The maximum atomic E-state index is 11.3. The summed E-state index contributed by atoms with van der Waals surface area (Å²) in [5.41, 5.74) is 2.33. The van der Waals surface area contributed by atoms with E-state index in [1.54, 1.807) is 18.3 Å². The predicted molar refractivity (Wildman–Crippen MR) is 82.5 cm³/mol. The Morgan fingerprint density at radius 3 is 2.95 bits per heavy atom. The summed E-state index contributed by atoms with van der Waals surface area (Å²) in [6.45, 7) is 1.02. The number of imidazole rings is 1. The molecule has 1 aliphatic heterocycles. The second-order valence-corrected chi connectivity index (χ2v) is 7.03. The molecule has 7 heteroatoms. The number of aromatic amines is 1. The van der Waals surface area contributed by atoms with E-state index in [0.29, 0.717) is 5.69 Å². The summed E-state index contributed by atoms with van der Waals surface area (Å²) in [5.74, 6) is 0.934. The number of H-pyrrole nitrogens is 1. The molecule has 0 spiro atoms. The third kappa shape index (κ3) is 3.43. The maximum Gasteiger partial charge on any atom is 0.229 e. The SMILES string of the molecule is CS(=O)(=O)Nc1cccc(-c2cnc([C@@H]3CCCN3)[nH]2)c1. The number of aromatic nitrogens is 2. The van der Waals surface area contributed by atoms with Crippen molar-refractivity contribution >= 4 is 15.7 Å². The molecule has 0 amide bonds. The summed E-state index contributed by atoms with van der Waals surface area (Å²) in [6, 6.07) is 7.54. The minimum absolute atomic E-state index is 0.288. The zero-order valence-electron chi connectivity index (χ0n) is 11.8. The lowest BCUT2D eigenvalue weighted by atomic mass is 10.1. The van der Waals surface area contributed by atoms with Crippen molar-refractivity contribution in [2.24, 2.45) is 0 Å². The van der Waals surface area contributed by atoms with E-state index in [2.05, 4.69) is 20.0 Å². The molecule has 6 nitrogen and oxygen atoms in total. The Kier molecular flexibility index (Phi) is 3.69. The van der Waals surface area contributed by atoms with Gasteiger partial charge in [0.25, 0.3) is 0 Å². The Bertz CT molecular complexity index is 733. The second-order valence-electron chi connectivity index (χ2n) is 5.29. The van der Waals surface area contributed by atoms with E-state index in [1.807, 2.05) is 12.1 Å². The molecule has 3 rings (SSSR count). The third-order valence-corrected chi connectivity index (χ3v) is 4.07. The number of nitrogens with one attached hydrogen (secondary N) is 3. The van der Waals surface area contributed by atoms with Gasteiger partial charge in [-0.1, -0.05) is 12.1 Å². The van der Waals surface area contributed by atoms with Gasteiger partial charge in [-0.2, -0.15) is 0 Å². The van der Waals surface area contributed by atoms with Crippen LogP contribution in [0.4, 0.5) is 5.69 Å². The van der Waals surface area contributed by atoms with Crippen LogP contribution >= 0.6 is 0 Å². The van der Waals surface area contributed by atoms with Crippen LogP contribution in [0.25, 0.3) is 11.3 Å². The fourth-order valence-corrected chi connectivity index (χ4v) is 3.10. The van der Waals surface area contributed by atoms with E-state index in [4.69, 9.17) is 0 Å². The van der Waals surface area contributed by atoms with Gasteiger partial charge in [0.05, 0.1) is 24.2 Å². The standard InChI is InChI=1S/C14H18N4O2S/c1-21(19,20)18-11-5-2-4-10(8-11)13-9-16-14(17-13)12-6-3-7-15-12/h2,4-5,8-9,12,15,18H,3,6-7H2,1H3,(H,16,17)/t12-/m0/s1. The third-order valence-electron chi connectivity index (χ3n) is 3.46. The summed E-state index contributed by atoms with van der Waals surface area (Å²) >= 11 is 0. The van der Waals surface area contributed by atoms with E-state index >= 15 is 0 Å². The lowest BCUT2D eigenvalue weighted by molar-refractivity contribution is 0.607. The molecule has 1 fully saturated rings. The second kappa shape index (κ2) is 5.50. The minimum Gasteiger partial charge on any atom is -0.341 e. The van der Waals surface area contributed by atoms with Gasteiger partial charge in [-0.15, -0.1) is 0 Å². The number of hydrogen-bond acceptors (Lipinski definition) is 4. The highest BCUT2D eigenvalue weighted by atomic mass is 32.2. The molecule has 0 aliphatic carbocycles. The zero-order valence-corrected chi connectivity index (χ0v) is 12.6. The fourth-order valence-electron chi connectivity index (χ4n) is 2.54. The van der Waals surface area contributed by atoms with Crippen LogP contribution in [0.15, 0.2) is 30.5 Å². The first-order chi connectivity index (χ1) is 10.0. The number of nitrogens with zero attached hydrogens (tertiary/aromatic N) is 1. The lowest BCUT2D eigenvalue weighted by Crippen LogP contribution is -2.14. The maximum absolute atomic E-state index is 11.3. The van der Waals surface area contributed by atoms with Crippen LogP contribution < -0.4 is 10.0 Å². The van der Waals surface area contributed by atoms with Crippen LogP contribution in [-0.4, -0.2) is 31.2 Å². The Hall–Kier alpha value is -1.86. The van der Waals surface area contributed by atoms with Gasteiger partial charge in [-0.25, -0.2) is 13.4 Å². The molecule has 1 atom stereocenters. The molecule has 3 N–H and O–H groups in total. The smallest absolute Gasteiger partial charge is 0.229 e. The van der Waals surface area contributed by atoms with Crippen LogP contribution in [0, 0.1) is 0 Å². The molecule has 1 aliphatic rings. The molecule has 0 bridgehead atoms. The molecule has 21 heavy (non-hydrogen) atoms. The normalized spacial score (nSPS) is 18.8. The van der Waals surface area contributed by atoms with E-state index in [1.165, 1.54) is 0 Å². The van der Waals surface area contributed by atoms with Crippen LogP contribution in [0.1, 0.15) is 24.7 Å². The van der Waals surface area contributed by atoms with Gasteiger partial charge < -0.3 is 10.3 Å².